The van der Waals surface area contributed by atoms with Gasteiger partial charge in [0.15, 0.2) is 0 Å². The lowest BCUT2D eigenvalue weighted by Crippen LogP contribution is -2.46. The zero-order valence-electron chi connectivity index (χ0n) is 12.6. The number of nitrogens with one attached hydrogen (secondary N) is 1. The molecule has 0 aliphatic carbocycles. The molecule has 1 aromatic rings. The fraction of sp³-hybridized carbons (Fsp3) is 0.647. The van der Waals surface area contributed by atoms with Gasteiger partial charge in [-0.25, -0.2) is 4.39 Å². The van der Waals surface area contributed by atoms with Crippen LogP contribution in [0.1, 0.15) is 18.4 Å². The Kier molecular flexibility index (Phi) is 5.22. The molecule has 0 spiro atoms. The number of rotatable bonds is 4. The molecule has 2 fully saturated rings. The van der Waals surface area contributed by atoms with E-state index in [0.29, 0.717) is 0 Å². The average molecular weight is 292 g/mol. The molecular formula is C17H25FN2O. The van der Waals surface area contributed by atoms with Crippen molar-refractivity contribution in [1.82, 2.24) is 10.2 Å². The number of morpholine rings is 1. The van der Waals surface area contributed by atoms with Crippen LogP contribution in [0.2, 0.25) is 0 Å². The van der Waals surface area contributed by atoms with Crippen molar-refractivity contribution in [2.75, 3.05) is 39.3 Å². The number of halogens is 1. The van der Waals surface area contributed by atoms with Gasteiger partial charge in [0.05, 0.1) is 12.7 Å². The number of ether oxygens (including phenoxy) is 1. The van der Waals surface area contributed by atoms with Gasteiger partial charge in [-0.15, -0.1) is 0 Å². The van der Waals surface area contributed by atoms with Crippen molar-refractivity contribution in [1.29, 1.82) is 0 Å². The maximum Gasteiger partial charge on any atom is 0.123 e. The molecule has 0 saturated carbocycles. The maximum atomic E-state index is 12.9. The Morgan fingerprint density at radius 2 is 1.95 bits per heavy atom. The number of piperidine rings is 1. The lowest BCUT2D eigenvalue weighted by molar-refractivity contribution is -0.0332. The van der Waals surface area contributed by atoms with E-state index in [1.165, 1.54) is 31.5 Å². The Morgan fingerprint density at radius 3 is 2.71 bits per heavy atom. The van der Waals surface area contributed by atoms with Gasteiger partial charge in [0, 0.05) is 19.6 Å². The van der Waals surface area contributed by atoms with E-state index in [4.69, 9.17) is 4.74 Å². The minimum absolute atomic E-state index is 0.171. The molecular weight excluding hydrogens is 267 g/mol. The molecule has 116 valence electrons. The summed E-state index contributed by atoms with van der Waals surface area (Å²) in [5.74, 6) is 0.659. The highest BCUT2D eigenvalue weighted by Gasteiger charge is 2.23. The van der Waals surface area contributed by atoms with E-state index >= 15 is 0 Å². The van der Waals surface area contributed by atoms with Gasteiger partial charge < -0.3 is 10.1 Å². The van der Waals surface area contributed by atoms with Crippen molar-refractivity contribution in [3.63, 3.8) is 0 Å². The van der Waals surface area contributed by atoms with Crippen LogP contribution in [0.3, 0.4) is 0 Å². The van der Waals surface area contributed by atoms with Gasteiger partial charge in [-0.05, 0) is 56.0 Å². The second kappa shape index (κ2) is 7.34. The Labute approximate surface area is 126 Å². The van der Waals surface area contributed by atoms with Gasteiger partial charge in [0.1, 0.15) is 5.82 Å². The number of hydrogen-bond acceptors (Lipinski definition) is 3. The van der Waals surface area contributed by atoms with Crippen molar-refractivity contribution in [3.05, 3.63) is 35.6 Å². The van der Waals surface area contributed by atoms with Crippen LogP contribution in [-0.4, -0.2) is 50.3 Å². The van der Waals surface area contributed by atoms with Crippen LogP contribution in [0.15, 0.2) is 24.3 Å². The number of hydrogen-bond donors (Lipinski definition) is 1. The van der Waals surface area contributed by atoms with Crippen molar-refractivity contribution >= 4 is 0 Å². The van der Waals surface area contributed by atoms with Crippen LogP contribution in [-0.2, 0) is 11.2 Å². The molecule has 1 N–H and O–H groups in total. The molecule has 0 aromatic heterocycles. The summed E-state index contributed by atoms with van der Waals surface area (Å²) in [6.45, 7) is 6.38. The largest absolute Gasteiger partial charge is 0.375 e. The van der Waals surface area contributed by atoms with Crippen molar-refractivity contribution < 1.29 is 9.13 Å². The first kappa shape index (κ1) is 14.9. The maximum absolute atomic E-state index is 12.9. The average Bonchev–Trinajstić information content (AvgIpc) is 2.51. The van der Waals surface area contributed by atoms with Gasteiger partial charge in [-0.2, -0.15) is 0 Å². The third kappa shape index (κ3) is 4.50. The van der Waals surface area contributed by atoms with E-state index in [2.05, 4.69) is 10.2 Å². The zero-order chi connectivity index (χ0) is 14.5. The minimum Gasteiger partial charge on any atom is -0.375 e. The predicted molar refractivity (Wildman–Crippen MR) is 81.9 cm³/mol. The topological polar surface area (TPSA) is 24.5 Å². The molecule has 0 bridgehead atoms. The lowest BCUT2D eigenvalue weighted by atomic mass is 9.97. The van der Waals surface area contributed by atoms with Gasteiger partial charge in [0.25, 0.3) is 0 Å². The van der Waals surface area contributed by atoms with Gasteiger partial charge in [-0.3, -0.25) is 4.90 Å². The minimum atomic E-state index is -0.171. The summed E-state index contributed by atoms with van der Waals surface area (Å²) in [6, 6.07) is 6.80. The molecule has 1 atom stereocenters. The van der Waals surface area contributed by atoms with Crippen LogP contribution in [0, 0.1) is 11.7 Å². The molecule has 0 amide bonds. The fourth-order valence-electron chi connectivity index (χ4n) is 3.38. The summed E-state index contributed by atoms with van der Waals surface area (Å²) in [5, 5.41) is 3.42. The molecule has 2 aliphatic rings. The van der Waals surface area contributed by atoms with E-state index in [-0.39, 0.29) is 11.9 Å². The predicted octanol–water partition coefficient (Wildman–Crippen LogP) is 2.07. The SMILES string of the molecule is Fc1ccc(CC2CN(CC3CCNCC3)CCO2)cc1. The smallest absolute Gasteiger partial charge is 0.123 e. The third-order valence-electron chi connectivity index (χ3n) is 4.57. The fourth-order valence-corrected chi connectivity index (χ4v) is 3.38. The number of nitrogens with zero attached hydrogens (tertiary/aromatic N) is 1. The zero-order valence-corrected chi connectivity index (χ0v) is 12.6. The molecule has 3 nitrogen and oxygen atoms in total. The van der Waals surface area contributed by atoms with Crippen LogP contribution < -0.4 is 5.32 Å². The first-order valence-electron chi connectivity index (χ1n) is 8.09. The van der Waals surface area contributed by atoms with Crippen LogP contribution in [0.4, 0.5) is 4.39 Å². The Balaban J connectivity index is 1.49. The highest BCUT2D eigenvalue weighted by atomic mass is 19.1. The molecule has 2 heterocycles. The molecule has 4 heteroatoms. The molecule has 1 unspecified atom stereocenters. The molecule has 1 aromatic carbocycles. The molecule has 3 rings (SSSR count). The van der Waals surface area contributed by atoms with Crippen LogP contribution in [0.25, 0.3) is 0 Å². The van der Waals surface area contributed by atoms with E-state index in [9.17, 15) is 4.39 Å². The van der Waals surface area contributed by atoms with Crippen LogP contribution in [0.5, 0.6) is 0 Å². The molecule has 21 heavy (non-hydrogen) atoms. The highest BCUT2D eigenvalue weighted by molar-refractivity contribution is 5.17. The molecule has 0 radical (unpaired) electrons. The number of benzene rings is 1. The van der Waals surface area contributed by atoms with Gasteiger partial charge in [-0.1, -0.05) is 12.1 Å². The monoisotopic (exact) mass is 292 g/mol. The Bertz CT molecular complexity index is 431. The lowest BCUT2D eigenvalue weighted by Gasteiger charge is -2.36. The van der Waals surface area contributed by atoms with E-state index in [1.807, 2.05) is 12.1 Å². The van der Waals surface area contributed by atoms with Crippen LogP contribution >= 0.6 is 0 Å². The van der Waals surface area contributed by atoms with Gasteiger partial charge in [0.2, 0.25) is 0 Å². The van der Waals surface area contributed by atoms with E-state index < -0.39 is 0 Å². The third-order valence-corrected chi connectivity index (χ3v) is 4.57. The molecule has 2 aliphatic heterocycles. The summed E-state index contributed by atoms with van der Waals surface area (Å²) in [6.07, 6.45) is 3.70. The standard InChI is InChI=1S/C17H25FN2O/c18-16-3-1-14(2-4-16)11-17-13-20(9-10-21-17)12-15-5-7-19-8-6-15/h1-4,15,17,19H,5-13H2. The summed E-state index contributed by atoms with van der Waals surface area (Å²) < 4.78 is 18.8. The summed E-state index contributed by atoms with van der Waals surface area (Å²) in [5.41, 5.74) is 1.16. The quantitative estimate of drug-likeness (QED) is 0.919. The summed E-state index contributed by atoms with van der Waals surface area (Å²) >= 11 is 0. The highest BCUT2D eigenvalue weighted by Crippen LogP contribution is 2.17. The van der Waals surface area contributed by atoms with Crippen molar-refractivity contribution in [2.45, 2.75) is 25.4 Å². The molecule has 2 saturated heterocycles. The Hall–Kier alpha value is -0.970. The first-order chi connectivity index (χ1) is 10.3. The van der Waals surface area contributed by atoms with E-state index in [0.717, 1.165) is 50.7 Å². The Morgan fingerprint density at radius 1 is 1.19 bits per heavy atom. The van der Waals surface area contributed by atoms with E-state index in [1.54, 1.807) is 0 Å². The normalized spacial score (nSPS) is 25.1. The van der Waals surface area contributed by atoms with Crippen molar-refractivity contribution in [3.8, 4) is 0 Å². The first-order valence-corrected chi connectivity index (χ1v) is 8.09. The second-order valence-electron chi connectivity index (χ2n) is 6.28. The summed E-state index contributed by atoms with van der Waals surface area (Å²) in [7, 11) is 0. The van der Waals surface area contributed by atoms with Gasteiger partial charge >= 0.3 is 0 Å². The van der Waals surface area contributed by atoms with Crippen molar-refractivity contribution in [2.24, 2.45) is 5.92 Å². The summed E-state index contributed by atoms with van der Waals surface area (Å²) in [4.78, 5) is 2.55. The second-order valence-corrected chi connectivity index (χ2v) is 6.28.